The summed E-state index contributed by atoms with van der Waals surface area (Å²) in [4.78, 5) is 35.3. The Hall–Kier alpha value is -1.93. The van der Waals surface area contributed by atoms with Crippen LogP contribution in [-0.2, 0) is 9.59 Å². The van der Waals surface area contributed by atoms with Gasteiger partial charge < -0.3 is 15.7 Å². The van der Waals surface area contributed by atoms with E-state index in [0.717, 1.165) is 4.47 Å². The summed E-state index contributed by atoms with van der Waals surface area (Å²) in [6, 6.07) is 5.21. The number of benzene rings is 1. The van der Waals surface area contributed by atoms with Crippen molar-refractivity contribution in [2.24, 2.45) is 5.92 Å². The molecule has 0 saturated carbocycles. The van der Waals surface area contributed by atoms with Gasteiger partial charge >= 0.3 is 12.0 Å². The molecule has 7 nitrogen and oxygen atoms in total. The number of carboxylic acids is 1. The van der Waals surface area contributed by atoms with Crippen molar-refractivity contribution in [3.63, 3.8) is 0 Å². The summed E-state index contributed by atoms with van der Waals surface area (Å²) in [5.74, 6) is -1.10. The van der Waals surface area contributed by atoms with Crippen LogP contribution in [0.1, 0.15) is 27.2 Å². The first kappa shape index (κ1) is 21.1. The van der Waals surface area contributed by atoms with Crippen molar-refractivity contribution in [3.05, 3.63) is 28.7 Å². The third-order valence-corrected chi connectivity index (χ3v) is 3.97. The first-order chi connectivity index (χ1) is 11.7. The third kappa shape index (κ3) is 8.13. The number of amides is 2. The van der Waals surface area contributed by atoms with Gasteiger partial charge in [0, 0.05) is 10.2 Å². The lowest BCUT2D eigenvalue weighted by Gasteiger charge is -2.23. The van der Waals surface area contributed by atoms with Gasteiger partial charge in [0.25, 0.3) is 0 Å². The van der Waals surface area contributed by atoms with Gasteiger partial charge in [-0.25, -0.2) is 4.79 Å². The van der Waals surface area contributed by atoms with Crippen LogP contribution in [0.2, 0.25) is 0 Å². The van der Waals surface area contributed by atoms with Crippen molar-refractivity contribution in [1.82, 2.24) is 10.6 Å². The number of aliphatic carboxylic acids is 1. The Balaban J connectivity index is 2.70. The highest BCUT2D eigenvalue weighted by Crippen LogP contribution is 2.14. The molecule has 0 aliphatic heterocycles. The normalized spacial score (nSPS) is 13.2. The van der Waals surface area contributed by atoms with Crippen molar-refractivity contribution in [2.45, 2.75) is 39.3 Å². The van der Waals surface area contributed by atoms with Crippen LogP contribution in [0.4, 0.5) is 10.5 Å². The van der Waals surface area contributed by atoms with Gasteiger partial charge in [0.1, 0.15) is 0 Å². The second kappa shape index (κ2) is 10.1. The second-order valence-corrected chi connectivity index (χ2v) is 7.10. The molecule has 0 aliphatic carbocycles. The van der Waals surface area contributed by atoms with Gasteiger partial charge in [0.05, 0.1) is 18.6 Å². The van der Waals surface area contributed by atoms with Crippen molar-refractivity contribution >= 4 is 39.4 Å². The molecule has 0 saturated heterocycles. The summed E-state index contributed by atoms with van der Waals surface area (Å²) in [5.41, 5.74) is 0.605. The molecular formula is C17H24BrN3O4. The zero-order valence-electron chi connectivity index (χ0n) is 14.5. The first-order valence-corrected chi connectivity index (χ1v) is 8.80. The number of carboxylic acid groups (broad SMARTS) is 1. The molecule has 0 aliphatic rings. The first-order valence-electron chi connectivity index (χ1n) is 8.01. The minimum absolute atomic E-state index is 0.189. The van der Waals surface area contributed by atoms with Crippen LogP contribution in [0.15, 0.2) is 28.7 Å². The van der Waals surface area contributed by atoms with Crippen LogP contribution < -0.4 is 16.0 Å². The predicted octanol–water partition coefficient (Wildman–Crippen LogP) is 2.62. The molecule has 25 heavy (non-hydrogen) atoms. The van der Waals surface area contributed by atoms with Gasteiger partial charge in [0.15, 0.2) is 5.78 Å². The summed E-state index contributed by atoms with van der Waals surface area (Å²) >= 11 is 3.32. The number of ketones is 1. The molecule has 0 spiro atoms. The molecule has 2 amide bonds. The minimum Gasteiger partial charge on any atom is -0.480 e. The SMILES string of the molecule is CC(C)C[C@H](NC(=O)Nc1ccc(Br)cc1)C(=O)C(C)NCC(=O)O. The van der Waals surface area contributed by atoms with E-state index >= 15 is 0 Å². The zero-order chi connectivity index (χ0) is 19.0. The number of carbonyl (C=O) groups is 3. The molecule has 2 atom stereocenters. The van der Waals surface area contributed by atoms with Gasteiger partial charge in [-0.3, -0.25) is 14.9 Å². The van der Waals surface area contributed by atoms with Gasteiger partial charge in [0.2, 0.25) is 0 Å². The van der Waals surface area contributed by atoms with E-state index in [9.17, 15) is 14.4 Å². The molecule has 0 radical (unpaired) electrons. The molecular weight excluding hydrogens is 390 g/mol. The quantitative estimate of drug-likeness (QED) is 0.497. The number of hydrogen-bond acceptors (Lipinski definition) is 4. The average molecular weight is 414 g/mol. The average Bonchev–Trinajstić information content (AvgIpc) is 2.53. The lowest BCUT2D eigenvalue weighted by Crippen LogP contribution is -2.51. The fraction of sp³-hybridized carbons (Fsp3) is 0.471. The van der Waals surface area contributed by atoms with E-state index in [1.165, 1.54) is 0 Å². The molecule has 0 bridgehead atoms. The van der Waals surface area contributed by atoms with Crippen LogP contribution in [0, 0.1) is 5.92 Å². The van der Waals surface area contributed by atoms with E-state index in [1.807, 2.05) is 13.8 Å². The van der Waals surface area contributed by atoms with Crippen molar-refractivity contribution < 1.29 is 19.5 Å². The van der Waals surface area contributed by atoms with Gasteiger partial charge in [-0.2, -0.15) is 0 Å². The largest absolute Gasteiger partial charge is 0.480 e. The fourth-order valence-corrected chi connectivity index (χ4v) is 2.48. The standard InChI is InChI=1S/C17H24BrN3O4/c1-10(2)8-14(16(24)11(3)19-9-15(22)23)21-17(25)20-13-6-4-12(18)5-7-13/h4-7,10-11,14,19H,8-9H2,1-3H3,(H,22,23)(H2,20,21,25)/t11?,14-/m0/s1. The van der Waals surface area contributed by atoms with Gasteiger partial charge in [-0.15, -0.1) is 0 Å². The second-order valence-electron chi connectivity index (χ2n) is 6.19. The fourth-order valence-electron chi connectivity index (χ4n) is 2.22. The van der Waals surface area contributed by atoms with E-state index in [-0.39, 0.29) is 18.2 Å². The number of anilines is 1. The Morgan fingerprint density at radius 1 is 1.12 bits per heavy atom. The van der Waals surface area contributed by atoms with Crippen LogP contribution in [-0.4, -0.2) is 41.5 Å². The highest BCUT2D eigenvalue weighted by atomic mass is 79.9. The molecule has 4 N–H and O–H groups in total. The maximum atomic E-state index is 12.5. The number of rotatable bonds is 9. The number of carbonyl (C=O) groups excluding carboxylic acids is 2. The molecule has 0 aromatic heterocycles. The lowest BCUT2D eigenvalue weighted by atomic mass is 9.97. The Morgan fingerprint density at radius 3 is 2.24 bits per heavy atom. The van der Waals surface area contributed by atoms with Gasteiger partial charge in [-0.1, -0.05) is 29.8 Å². The summed E-state index contributed by atoms with van der Waals surface area (Å²) in [5, 5.41) is 16.7. The smallest absolute Gasteiger partial charge is 0.319 e. The van der Waals surface area contributed by atoms with E-state index in [2.05, 4.69) is 31.9 Å². The number of nitrogens with one attached hydrogen (secondary N) is 3. The highest BCUT2D eigenvalue weighted by Gasteiger charge is 2.26. The molecule has 0 fully saturated rings. The summed E-state index contributed by atoms with van der Waals surface area (Å²) in [6.45, 7) is 5.17. The van der Waals surface area contributed by atoms with Gasteiger partial charge in [-0.05, 0) is 43.5 Å². The predicted molar refractivity (Wildman–Crippen MR) is 99.6 cm³/mol. The molecule has 1 aromatic rings. The molecule has 138 valence electrons. The summed E-state index contributed by atoms with van der Waals surface area (Å²) < 4.78 is 0.893. The van der Waals surface area contributed by atoms with Crippen molar-refractivity contribution in [2.75, 3.05) is 11.9 Å². The molecule has 0 heterocycles. The number of urea groups is 1. The summed E-state index contributed by atoms with van der Waals surface area (Å²) in [7, 11) is 0. The van der Waals surface area contributed by atoms with Crippen LogP contribution in [0.25, 0.3) is 0 Å². The van der Waals surface area contributed by atoms with E-state index in [4.69, 9.17) is 5.11 Å². The Kier molecular flexibility index (Phi) is 8.57. The third-order valence-electron chi connectivity index (χ3n) is 3.44. The number of hydrogen-bond donors (Lipinski definition) is 4. The zero-order valence-corrected chi connectivity index (χ0v) is 16.1. The lowest BCUT2D eigenvalue weighted by molar-refractivity contribution is -0.136. The van der Waals surface area contributed by atoms with E-state index < -0.39 is 24.1 Å². The Morgan fingerprint density at radius 2 is 1.72 bits per heavy atom. The van der Waals surface area contributed by atoms with Crippen LogP contribution >= 0.6 is 15.9 Å². The Labute approximate surface area is 155 Å². The molecule has 1 unspecified atom stereocenters. The monoisotopic (exact) mass is 413 g/mol. The van der Waals surface area contributed by atoms with Crippen LogP contribution in [0.3, 0.4) is 0 Å². The molecule has 8 heteroatoms. The molecule has 1 aromatic carbocycles. The van der Waals surface area contributed by atoms with Crippen LogP contribution in [0.5, 0.6) is 0 Å². The molecule has 1 rings (SSSR count). The number of Topliss-reactive ketones (excluding diaryl/α,β-unsaturated/α-hetero) is 1. The van der Waals surface area contributed by atoms with Crippen molar-refractivity contribution in [1.29, 1.82) is 0 Å². The minimum atomic E-state index is -1.04. The van der Waals surface area contributed by atoms with E-state index in [0.29, 0.717) is 12.1 Å². The van der Waals surface area contributed by atoms with E-state index in [1.54, 1.807) is 31.2 Å². The Bertz CT molecular complexity index is 604. The topological polar surface area (TPSA) is 108 Å². The maximum Gasteiger partial charge on any atom is 0.319 e. The maximum absolute atomic E-state index is 12.5. The highest BCUT2D eigenvalue weighted by molar-refractivity contribution is 9.10. The van der Waals surface area contributed by atoms with Crippen molar-refractivity contribution in [3.8, 4) is 0 Å². The summed E-state index contributed by atoms with van der Waals surface area (Å²) in [6.07, 6.45) is 0.464. The number of halogens is 1.